The van der Waals surface area contributed by atoms with Gasteiger partial charge >= 0.3 is 6.18 Å². The second kappa shape index (κ2) is 7.49. The number of hydrogen-bond acceptors (Lipinski definition) is 4. The predicted octanol–water partition coefficient (Wildman–Crippen LogP) is 4.90. The third kappa shape index (κ3) is 4.76. The highest BCUT2D eigenvalue weighted by Gasteiger charge is 2.31. The molecular formula is C17H14ClF3NO3. The summed E-state index contributed by atoms with van der Waals surface area (Å²) in [7, 11) is 0. The molecule has 0 saturated carbocycles. The zero-order chi connectivity index (χ0) is 17.9. The quantitative estimate of drug-likeness (QED) is 0.748. The molecule has 0 amide bonds. The normalized spacial score (nSPS) is 17.5. The Bertz CT molecular complexity index is 733. The molecule has 0 aliphatic carbocycles. The van der Waals surface area contributed by atoms with Crippen molar-refractivity contribution in [1.82, 2.24) is 4.98 Å². The first-order chi connectivity index (χ1) is 11.9. The van der Waals surface area contributed by atoms with Crippen LogP contribution in [0.15, 0.2) is 30.5 Å². The smallest absolute Gasteiger partial charge is 0.417 e. The number of hydrogen-bond donors (Lipinski definition) is 0. The number of aromatic nitrogens is 1. The lowest BCUT2D eigenvalue weighted by molar-refractivity contribution is -0.137. The van der Waals surface area contributed by atoms with Gasteiger partial charge in [0.1, 0.15) is 23.1 Å². The first kappa shape index (κ1) is 17.8. The highest BCUT2D eigenvalue weighted by atomic mass is 35.5. The lowest BCUT2D eigenvalue weighted by Crippen LogP contribution is -2.16. The van der Waals surface area contributed by atoms with E-state index in [1.807, 2.05) is 0 Å². The van der Waals surface area contributed by atoms with E-state index in [1.54, 1.807) is 18.2 Å². The fraction of sp³-hybridized carbons (Fsp3) is 0.353. The third-order valence-electron chi connectivity index (χ3n) is 3.53. The van der Waals surface area contributed by atoms with Crippen LogP contribution in [-0.4, -0.2) is 24.3 Å². The number of pyridine rings is 1. The molecule has 4 nitrogen and oxygen atoms in total. The Morgan fingerprint density at radius 2 is 2.12 bits per heavy atom. The van der Waals surface area contributed by atoms with Gasteiger partial charge in [0.05, 0.1) is 17.7 Å². The Hall–Kier alpha value is -1.99. The van der Waals surface area contributed by atoms with E-state index < -0.39 is 11.7 Å². The Balaban J connectivity index is 1.67. The zero-order valence-electron chi connectivity index (χ0n) is 13.0. The minimum absolute atomic E-state index is 0.0593. The maximum Gasteiger partial charge on any atom is 0.417 e. The van der Waals surface area contributed by atoms with Crippen LogP contribution in [0.5, 0.6) is 17.4 Å². The minimum atomic E-state index is -4.52. The molecule has 8 heteroatoms. The molecule has 1 radical (unpaired) electrons. The van der Waals surface area contributed by atoms with E-state index >= 15 is 0 Å². The lowest BCUT2D eigenvalue weighted by atomic mass is 10.2. The molecular weight excluding hydrogens is 359 g/mol. The predicted molar refractivity (Wildman–Crippen MR) is 84.1 cm³/mol. The van der Waals surface area contributed by atoms with Gasteiger partial charge in [0.25, 0.3) is 0 Å². The standard InChI is InChI=1S/C17H14ClF3NO3/c18-15-7-11(17(19,20)21)9-22-16(15)25-13-4-1-3-12(8-13)24-10-14-5-2-6-23-14/h1,3-4,7,9,14H,2,5-6,10H2. The van der Waals surface area contributed by atoms with Gasteiger partial charge in [0.2, 0.25) is 5.88 Å². The van der Waals surface area contributed by atoms with Crippen molar-refractivity contribution in [2.24, 2.45) is 0 Å². The molecule has 1 unspecified atom stereocenters. The third-order valence-corrected chi connectivity index (χ3v) is 3.80. The summed E-state index contributed by atoms with van der Waals surface area (Å²) in [6.45, 7) is 1.14. The van der Waals surface area contributed by atoms with E-state index in [9.17, 15) is 13.2 Å². The van der Waals surface area contributed by atoms with Crippen molar-refractivity contribution >= 4 is 11.6 Å². The summed E-state index contributed by atoms with van der Waals surface area (Å²) in [6.07, 6.45) is -1.83. The van der Waals surface area contributed by atoms with Crippen LogP contribution < -0.4 is 9.47 Å². The number of ether oxygens (including phenoxy) is 3. The molecule has 25 heavy (non-hydrogen) atoms. The summed E-state index contributed by atoms with van der Waals surface area (Å²) < 4.78 is 54.3. The zero-order valence-corrected chi connectivity index (χ0v) is 13.7. The van der Waals surface area contributed by atoms with Crippen LogP contribution in [0.3, 0.4) is 0 Å². The molecule has 133 valence electrons. The molecule has 3 rings (SSSR count). The molecule has 0 N–H and O–H groups in total. The van der Waals surface area contributed by atoms with Crippen molar-refractivity contribution in [3.8, 4) is 17.4 Å². The fourth-order valence-corrected chi connectivity index (χ4v) is 2.49. The van der Waals surface area contributed by atoms with Crippen molar-refractivity contribution in [2.75, 3.05) is 13.2 Å². The average Bonchev–Trinajstić information content (AvgIpc) is 3.08. The van der Waals surface area contributed by atoms with Gasteiger partial charge in [-0.2, -0.15) is 13.2 Å². The highest BCUT2D eigenvalue weighted by Crippen LogP contribution is 2.35. The Morgan fingerprint density at radius 3 is 2.80 bits per heavy atom. The number of nitrogens with zero attached hydrogens (tertiary/aromatic N) is 1. The average molecular weight is 373 g/mol. The van der Waals surface area contributed by atoms with Crippen LogP contribution in [0, 0.1) is 6.07 Å². The summed E-state index contributed by atoms with van der Waals surface area (Å²) in [5.41, 5.74) is -0.942. The van der Waals surface area contributed by atoms with Crippen LogP contribution in [0.25, 0.3) is 0 Å². The summed E-state index contributed by atoms with van der Waals surface area (Å²) in [5.74, 6) is 0.539. The molecule has 1 saturated heterocycles. The molecule has 0 spiro atoms. The minimum Gasteiger partial charge on any atom is -0.490 e. The number of rotatable bonds is 5. The Labute approximate surface area is 147 Å². The molecule has 1 aliphatic heterocycles. The Morgan fingerprint density at radius 1 is 1.32 bits per heavy atom. The van der Waals surface area contributed by atoms with Gasteiger partial charge < -0.3 is 14.2 Å². The highest BCUT2D eigenvalue weighted by molar-refractivity contribution is 6.31. The molecule has 1 aliphatic rings. The second-order valence-electron chi connectivity index (χ2n) is 5.44. The maximum atomic E-state index is 12.6. The van der Waals surface area contributed by atoms with Crippen molar-refractivity contribution in [1.29, 1.82) is 0 Å². The van der Waals surface area contributed by atoms with Gasteiger partial charge in [0.15, 0.2) is 0 Å². The van der Waals surface area contributed by atoms with Gasteiger partial charge in [-0.25, -0.2) is 4.98 Å². The molecule has 2 heterocycles. The van der Waals surface area contributed by atoms with E-state index in [-0.39, 0.29) is 22.8 Å². The van der Waals surface area contributed by atoms with Crippen molar-refractivity contribution in [2.45, 2.75) is 25.1 Å². The van der Waals surface area contributed by atoms with Crippen LogP contribution in [0.2, 0.25) is 5.02 Å². The van der Waals surface area contributed by atoms with Crippen molar-refractivity contribution in [3.05, 3.63) is 47.1 Å². The largest absolute Gasteiger partial charge is 0.490 e. The lowest BCUT2D eigenvalue weighted by Gasteiger charge is -2.13. The Kier molecular flexibility index (Phi) is 5.34. The number of benzene rings is 1. The topological polar surface area (TPSA) is 40.6 Å². The SMILES string of the molecule is FC(F)(F)c1cnc(Oc2[c]c(OCC3CCCO3)ccc2)c(Cl)c1. The second-order valence-corrected chi connectivity index (χ2v) is 5.84. The van der Waals surface area contributed by atoms with Crippen LogP contribution in [0.1, 0.15) is 18.4 Å². The number of alkyl halides is 3. The summed E-state index contributed by atoms with van der Waals surface area (Å²) in [6, 6.07) is 8.58. The van der Waals surface area contributed by atoms with E-state index in [0.717, 1.165) is 25.5 Å². The van der Waals surface area contributed by atoms with Crippen LogP contribution in [-0.2, 0) is 10.9 Å². The molecule has 0 bridgehead atoms. The van der Waals surface area contributed by atoms with Crippen LogP contribution in [0.4, 0.5) is 13.2 Å². The molecule has 1 fully saturated rings. The van der Waals surface area contributed by atoms with E-state index in [1.165, 1.54) is 0 Å². The molecule has 1 atom stereocenters. The number of halogens is 4. The molecule has 1 aromatic heterocycles. The maximum absolute atomic E-state index is 12.6. The summed E-state index contributed by atoms with van der Waals surface area (Å²) >= 11 is 5.82. The first-order valence-electron chi connectivity index (χ1n) is 7.59. The fourth-order valence-electron chi connectivity index (χ4n) is 2.29. The van der Waals surface area contributed by atoms with E-state index in [4.69, 9.17) is 25.8 Å². The van der Waals surface area contributed by atoms with Gasteiger partial charge in [0, 0.05) is 12.8 Å². The van der Waals surface area contributed by atoms with Crippen molar-refractivity contribution < 1.29 is 27.4 Å². The van der Waals surface area contributed by atoms with Gasteiger partial charge in [-0.15, -0.1) is 0 Å². The molecule has 1 aromatic carbocycles. The van der Waals surface area contributed by atoms with Crippen LogP contribution >= 0.6 is 11.6 Å². The van der Waals surface area contributed by atoms with E-state index in [0.29, 0.717) is 18.6 Å². The monoisotopic (exact) mass is 372 g/mol. The van der Waals surface area contributed by atoms with E-state index in [2.05, 4.69) is 11.1 Å². The molecule has 2 aromatic rings. The van der Waals surface area contributed by atoms with Gasteiger partial charge in [-0.05, 0) is 31.0 Å². The summed E-state index contributed by atoms with van der Waals surface area (Å²) in [5, 5.41) is -0.242. The van der Waals surface area contributed by atoms with Crippen molar-refractivity contribution in [3.63, 3.8) is 0 Å². The van der Waals surface area contributed by atoms with Gasteiger partial charge in [-0.3, -0.25) is 0 Å². The van der Waals surface area contributed by atoms with Gasteiger partial charge in [-0.1, -0.05) is 17.7 Å². The summed E-state index contributed by atoms with van der Waals surface area (Å²) in [4.78, 5) is 3.62. The first-order valence-corrected chi connectivity index (χ1v) is 7.97.